The number of amides is 1. The Morgan fingerprint density at radius 1 is 1.82 bits per heavy atom. The predicted molar refractivity (Wildman–Crippen MR) is 43.7 cm³/mol. The Bertz CT molecular complexity index is 320. The molecule has 0 saturated carbocycles. The van der Waals surface area contributed by atoms with E-state index in [2.05, 4.69) is 15.3 Å². The third kappa shape index (κ3) is 2.12. The molecule has 5 heteroatoms. The normalized spacial score (nSPS) is 9.18. The van der Waals surface area contributed by atoms with E-state index >= 15 is 0 Å². The van der Waals surface area contributed by atoms with Gasteiger partial charge in [-0.05, 0) is 0 Å². The van der Waals surface area contributed by atoms with Crippen LogP contribution >= 0.6 is 12.2 Å². The molecule has 0 radical (unpaired) electrons. The Morgan fingerprint density at radius 3 is 3.09 bits per heavy atom. The smallest absolute Gasteiger partial charge is 0.222 e. The Labute approximate surface area is 68.7 Å². The molecule has 0 atom stereocenters. The Hall–Kier alpha value is -1.23. The molecule has 0 aliphatic rings. The van der Waals surface area contributed by atoms with Gasteiger partial charge < -0.3 is 10.3 Å². The molecule has 1 heterocycles. The van der Waals surface area contributed by atoms with Gasteiger partial charge in [0.15, 0.2) is 5.82 Å². The van der Waals surface area contributed by atoms with E-state index in [1.807, 2.05) is 0 Å². The molecule has 0 unspecified atom stereocenters. The molecule has 11 heavy (non-hydrogen) atoms. The first-order valence-electron chi connectivity index (χ1n) is 3.01. The standard InChI is InChI=1S/C6H7N3OS/c1-4(10)9-5-6(11)8-3-2-7-5/h2-3H,1H3,(H,8,11)(H,7,9,10). The van der Waals surface area contributed by atoms with Crippen LogP contribution in [0.2, 0.25) is 0 Å². The van der Waals surface area contributed by atoms with Crippen LogP contribution in [0.5, 0.6) is 0 Å². The van der Waals surface area contributed by atoms with Crippen molar-refractivity contribution in [2.24, 2.45) is 0 Å². The van der Waals surface area contributed by atoms with E-state index in [-0.39, 0.29) is 5.91 Å². The number of nitrogens with zero attached hydrogens (tertiary/aromatic N) is 1. The number of nitrogens with one attached hydrogen (secondary N) is 2. The van der Waals surface area contributed by atoms with Crippen molar-refractivity contribution >= 4 is 23.9 Å². The molecular weight excluding hydrogens is 162 g/mol. The van der Waals surface area contributed by atoms with Gasteiger partial charge in [0.05, 0.1) is 0 Å². The highest BCUT2D eigenvalue weighted by molar-refractivity contribution is 7.71. The molecule has 0 spiro atoms. The van der Waals surface area contributed by atoms with Gasteiger partial charge in [-0.2, -0.15) is 0 Å². The van der Waals surface area contributed by atoms with E-state index in [4.69, 9.17) is 12.2 Å². The van der Waals surface area contributed by atoms with Crippen molar-refractivity contribution in [2.75, 3.05) is 5.32 Å². The molecule has 58 valence electrons. The van der Waals surface area contributed by atoms with Crippen LogP contribution in [0.4, 0.5) is 5.82 Å². The average molecular weight is 169 g/mol. The number of rotatable bonds is 1. The molecule has 1 amide bonds. The van der Waals surface area contributed by atoms with Gasteiger partial charge >= 0.3 is 0 Å². The van der Waals surface area contributed by atoms with E-state index in [1.54, 1.807) is 6.20 Å². The zero-order chi connectivity index (χ0) is 8.27. The van der Waals surface area contributed by atoms with Crippen molar-refractivity contribution in [2.45, 2.75) is 6.92 Å². The van der Waals surface area contributed by atoms with Crippen molar-refractivity contribution in [3.63, 3.8) is 0 Å². The lowest BCUT2D eigenvalue weighted by molar-refractivity contribution is -0.114. The molecule has 0 aliphatic carbocycles. The van der Waals surface area contributed by atoms with Gasteiger partial charge in [-0.25, -0.2) is 4.98 Å². The molecular formula is C6H7N3OS. The van der Waals surface area contributed by atoms with Crippen LogP contribution in [0.15, 0.2) is 12.4 Å². The van der Waals surface area contributed by atoms with E-state index in [9.17, 15) is 4.79 Å². The minimum absolute atomic E-state index is 0.178. The fourth-order valence-electron chi connectivity index (χ4n) is 0.608. The second-order valence-electron chi connectivity index (χ2n) is 1.95. The summed E-state index contributed by atoms with van der Waals surface area (Å²) in [6.07, 6.45) is 3.13. The molecule has 1 aromatic heterocycles. The summed E-state index contributed by atoms with van der Waals surface area (Å²) in [5.74, 6) is 0.221. The SMILES string of the molecule is CC(=O)Nc1ncc[nH]c1=S. The van der Waals surface area contributed by atoms with Crippen LogP contribution in [-0.4, -0.2) is 15.9 Å². The molecule has 0 aliphatic heterocycles. The zero-order valence-electron chi connectivity index (χ0n) is 5.92. The number of hydrogen-bond acceptors (Lipinski definition) is 3. The fourth-order valence-corrected chi connectivity index (χ4v) is 0.779. The maximum Gasteiger partial charge on any atom is 0.222 e. The Balaban J connectivity index is 2.95. The number of aromatic nitrogens is 2. The number of aromatic amines is 1. The lowest BCUT2D eigenvalue weighted by atomic mass is 10.6. The second kappa shape index (κ2) is 3.25. The van der Waals surface area contributed by atoms with Crippen LogP contribution in [0.25, 0.3) is 0 Å². The summed E-state index contributed by atoms with van der Waals surface area (Å²) < 4.78 is 0.433. The largest absolute Gasteiger partial charge is 0.348 e. The average Bonchev–Trinajstić information content (AvgIpc) is 1.93. The minimum atomic E-state index is -0.178. The number of hydrogen-bond donors (Lipinski definition) is 2. The molecule has 0 aromatic carbocycles. The summed E-state index contributed by atoms with van der Waals surface area (Å²) in [6.45, 7) is 1.41. The van der Waals surface area contributed by atoms with E-state index in [0.29, 0.717) is 10.5 Å². The van der Waals surface area contributed by atoms with Crippen LogP contribution < -0.4 is 5.32 Å². The van der Waals surface area contributed by atoms with Crippen molar-refractivity contribution < 1.29 is 4.79 Å². The summed E-state index contributed by atoms with van der Waals surface area (Å²) in [6, 6.07) is 0. The minimum Gasteiger partial charge on any atom is -0.348 e. The quantitative estimate of drug-likeness (QED) is 0.619. The van der Waals surface area contributed by atoms with E-state index in [0.717, 1.165) is 0 Å². The van der Waals surface area contributed by atoms with Crippen molar-refractivity contribution in [1.82, 2.24) is 9.97 Å². The highest BCUT2D eigenvalue weighted by Gasteiger charge is 1.96. The van der Waals surface area contributed by atoms with Crippen LogP contribution in [-0.2, 0) is 4.79 Å². The maximum absolute atomic E-state index is 10.6. The van der Waals surface area contributed by atoms with Gasteiger partial charge in [0.25, 0.3) is 0 Å². The van der Waals surface area contributed by atoms with Gasteiger partial charge in [0.2, 0.25) is 5.91 Å². The lowest BCUT2D eigenvalue weighted by Crippen LogP contribution is -2.08. The van der Waals surface area contributed by atoms with E-state index in [1.165, 1.54) is 13.1 Å². The molecule has 4 nitrogen and oxygen atoms in total. The summed E-state index contributed by atoms with van der Waals surface area (Å²) in [4.78, 5) is 17.1. The Kier molecular flexibility index (Phi) is 2.32. The van der Waals surface area contributed by atoms with E-state index < -0.39 is 0 Å². The van der Waals surface area contributed by atoms with Gasteiger partial charge in [-0.3, -0.25) is 4.79 Å². The van der Waals surface area contributed by atoms with Gasteiger partial charge in [-0.15, -0.1) is 0 Å². The second-order valence-corrected chi connectivity index (χ2v) is 2.36. The van der Waals surface area contributed by atoms with Crippen molar-refractivity contribution in [1.29, 1.82) is 0 Å². The van der Waals surface area contributed by atoms with Crippen LogP contribution in [0.3, 0.4) is 0 Å². The van der Waals surface area contributed by atoms with Crippen LogP contribution in [0.1, 0.15) is 6.92 Å². The first-order chi connectivity index (χ1) is 5.20. The zero-order valence-corrected chi connectivity index (χ0v) is 6.73. The monoisotopic (exact) mass is 169 g/mol. The first-order valence-corrected chi connectivity index (χ1v) is 3.42. The molecule has 1 rings (SSSR count). The summed E-state index contributed by atoms with van der Waals surface area (Å²) in [5, 5.41) is 2.49. The number of H-pyrrole nitrogens is 1. The first kappa shape index (κ1) is 7.87. The van der Waals surface area contributed by atoms with Gasteiger partial charge in [0, 0.05) is 19.3 Å². The molecule has 0 fully saturated rings. The molecule has 0 saturated heterocycles. The van der Waals surface area contributed by atoms with Crippen LogP contribution in [0, 0.1) is 4.64 Å². The van der Waals surface area contributed by atoms with Crippen molar-refractivity contribution in [3.8, 4) is 0 Å². The predicted octanol–water partition coefficient (Wildman–Crippen LogP) is 1.10. The lowest BCUT2D eigenvalue weighted by Gasteiger charge is -1.98. The number of anilines is 1. The third-order valence-corrected chi connectivity index (χ3v) is 1.31. The molecule has 1 aromatic rings. The van der Waals surface area contributed by atoms with Crippen molar-refractivity contribution in [3.05, 3.63) is 17.0 Å². The third-order valence-electron chi connectivity index (χ3n) is 1.00. The summed E-state index contributed by atoms with van der Waals surface area (Å²) in [5.41, 5.74) is 0. The highest BCUT2D eigenvalue weighted by Crippen LogP contribution is 2.00. The summed E-state index contributed by atoms with van der Waals surface area (Å²) >= 11 is 4.84. The number of carbonyl (C=O) groups excluding carboxylic acids is 1. The molecule has 0 bridgehead atoms. The van der Waals surface area contributed by atoms with Gasteiger partial charge in [-0.1, -0.05) is 12.2 Å². The summed E-state index contributed by atoms with van der Waals surface area (Å²) in [7, 11) is 0. The topological polar surface area (TPSA) is 57.8 Å². The fraction of sp³-hybridized carbons (Fsp3) is 0.167. The van der Waals surface area contributed by atoms with Gasteiger partial charge in [0.1, 0.15) is 4.64 Å². The highest BCUT2D eigenvalue weighted by atomic mass is 32.1. The molecule has 2 N–H and O–H groups in total. The maximum atomic E-state index is 10.6. The Morgan fingerprint density at radius 2 is 2.55 bits per heavy atom. The number of carbonyl (C=O) groups is 1.